The second-order valence-electron chi connectivity index (χ2n) is 2.85. The van der Waals surface area contributed by atoms with Crippen LogP contribution in [0.25, 0.3) is 0 Å². The normalized spacial score (nSPS) is 9.25. The van der Waals surface area contributed by atoms with Gasteiger partial charge in [0.05, 0.1) is 17.6 Å². The minimum Gasteiger partial charge on any atom is -0.454 e. The van der Waals surface area contributed by atoms with Crippen molar-refractivity contribution >= 4 is 23.2 Å². The molecular formula is C11H7N3OS. The molecule has 0 atom stereocenters. The lowest BCUT2D eigenvalue weighted by atomic mass is 10.4. The lowest BCUT2D eigenvalue weighted by Crippen LogP contribution is -1.85. The number of aliphatic imine (C=N–C) groups is 1. The second-order valence-corrected chi connectivity index (χ2v) is 3.03. The molecule has 0 N–H and O–H groups in total. The van der Waals surface area contributed by atoms with E-state index in [-0.39, 0.29) is 0 Å². The van der Waals surface area contributed by atoms with E-state index in [1.807, 2.05) is 6.07 Å². The molecule has 78 valence electrons. The number of nitrogens with zero attached hydrogens (tertiary/aromatic N) is 3. The third kappa shape index (κ3) is 2.70. The fourth-order valence-electron chi connectivity index (χ4n) is 1.09. The van der Waals surface area contributed by atoms with Crippen LogP contribution in [0.15, 0.2) is 47.8 Å². The lowest BCUT2D eigenvalue weighted by molar-refractivity contribution is 0.478. The Morgan fingerprint density at radius 2 is 2.06 bits per heavy atom. The first-order valence-corrected chi connectivity index (χ1v) is 4.91. The maximum atomic E-state index is 5.50. The van der Waals surface area contributed by atoms with E-state index in [4.69, 9.17) is 4.74 Å². The van der Waals surface area contributed by atoms with Gasteiger partial charge in [0.15, 0.2) is 5.82 Å². The van der Waals surface area contributed by atoms with Gasteiger partial charge >= 0.3 is 0 Å². The van der Waals surface area contributed by atoms with Gasteiger partial charge in [0.1, 0.15) is 11.5 Å². The summed E-state index contributed by atoms with van der Waals surface area (Å²) in [6.45, 7) is 0. The molecule has 0 saturated heterocycles. The predicted octanol–water partition coefficient (Wildman–Crippen LogP) is 3.00. The quantitative estimate of drug-likeness (QED) is 0.599. The highest BCUT2D eigenvalue weighted by atomic mass is 32.1. The van der Waals surface area contributed by atoms with Gasteiger partial charge < -0.3 is 4.74 Å². The Kier molecular flexibility index (Phi) is 3.33. The molecule has 0 spiro atoms. The van der Waals surface area contributed by atoms with Gasteiger partial charge in [-0.15, -0.1) is 0 Å². The Hall–Kier alpha value is -2.10. The number of hydrogen-bond acceptors (Lipinski definition) is 5. The number of rotatable bonds is 3. The molecule has 0 aromatic carbocycles. The predicted molar refractivity (Wildman–Crippen MR) is 63.2 cm³/mol. The van der Waals surface area contributed by atoms with Gasteiger partial charge in [0.2, 0.25) is 0 Å². The van der Waals surface area contributed by atoms with E-state index in [9.17, 15) is 0 Å². The van der Waals surface area contributed by atoms with Crippen molar-refractivity contribution in [3.05, 3.63) is 42.9 Å². The molecule has 0 amide bonds. The second kappa shape index (κ2) is 5.11. The van der Waals surface area contributed by atoms with Crippen LogP contribution >= 0.6 is 12.2 Å². The van der Waals surface area contributed by atoms with Gasteiger partial charge in [-0.25, -0.2) is 4.98 Å². The number of isothiocyanates is 1. The Balaban J connectivity index is 2.14. The van der Waals surface area contributed by atoms with E-state index in [0.29, 0.717) is 17.3 Å². The monoisotopic (exact) mass is 229 g/mol. The summed E-state index contributed by atoms with van der Waals surface area (Å²) >= 11 is 4.48. The maximum Gasteiger partial charge on any atom is 0.162 e. The van der Waals surface area contributed by atoms with E-state index in [2.05, 4.69) is 32.3 Å². The van der Waals surface area contributed by atoms with Crippen molar-refractivity contribution < 1.29 is 4.74 Å². The highest BCUT2D eigenvalue weighted by Gasteiger charge is 1.97. The minimum absolute atomic E-state index is 0.508. The van der Waals surface area contributed by atoms with Crippen LogP contribution in [0, 0.1) is 0 Å². The molecule has 0 aliphatic rings. The molecule has 4 nitrogen and oxygen atoms in total. The van der Waals surface area contributed by atoms with E-state index < -0.39 is 0 Å². The number of pyridine rings is 2. The molecule has 0 aliphatic heterocycles. The van der Waals surface area contributed by atoms with Gasteiger partial charge in [0.25, 0.3) is 0 Å². The Labute approximate surface area is 97.7 Å². The molecule has 0 unspecified atom stereocenters. The van der Waals surface area contributed by atoms with Crippen LogP contribution in [-0.2, 0) is 0 Å². The highest BCUT2D eigenvalue weighted by molar-refractivity contribution is 7.78. The van der Waals surface area contributed by atoms with Crippen molar-refractivity contribution in [3.63, 3.8) is 0 Å². The zero-order chi connectivity index (χ0) is 11.2. The topological polar surface area (TPSA) is 47.4 Å². The molecule has 2 aromatic rings. The van der Waals surface area contributed by atoms with Gasteiger partial charge in [-0.3, -0.25) is 4.98 Å². The largest absolute Gasteiger partial charge is 0.454 e. The van der Waals surface area contributed by atoms with Crippen LogP contribution in [0.1, 0.15) is 0 Å². The number of thiocarbonyl (C=S) groups is 1. The summed E-state index contributed by atoms with van der Waals surface area (Å²) in [5.41, 5.74) is 0. The maximum absolute atomic E-state index is 5.50. The van der Waals surface area contributed by atoms with E-state index in [0.717, 1.165) is 0 Å². The Bertz CT molecular complexity index is 507. The summed E-state index contributed by atoms with van der Waals surface area (Å²) in [5, 5.41) is 2.25. The van der Waals surface area contributed by atoms with Crippen molar-refractivity contribution in [2.45, 2.75) is 0 Å². The molecule has 0 fully saturated rings. The lowest BCUT2D eigenvalue weighted by Gasteiger charge is -2.03. The SMILES string of the molecule is S=C=Nc1ccc(Oc2cccnc2)cn1. The molecule has 16 heavy (non-hydrogen) atoms. The summed E-state index contributed by atoms with van der Waals surface area (Å²) in [6.07, 6.45) is 4.88. The molecule has 2 heterocycles. The summed E-state index contributed by atoms with van der Waals surface area (Å²) in [5.74, 6) is 1.79. The number of ether oxygens (including phenoxy) is 1. The standard InChI is InChI=1S/C11H7N3OS/c16-8-14-11-4-3-10(7-13-11)15-9-2-1-5-12-6-9/h1-7H. The third-order valence-electron chi connectivity index (χ3n) is 1.75. The van der Waals surface area contributed by atoms with E-state index in [1.165, 1.54) is 0 Å². The molecule has 2 rings (SSSR count). The summed E-state index contributed by atoms with van der Waals surface area (Å²) in [4.78, 5) is 11.7. The Morgan fingerprint density at radius 3 is 2.69 bits per heavy atom. The van der Waals surface area contributed by atoms with Crippen molar-refractivity contribution in [1.29, 1.82) is 0 Å². The first-order valence-electron chi connectivity index (χ1n) is 4.50. The molecule has 2 aromatic heterocycles. The summed E-state index contributed by atoms with van der Waals surface area (Å²) in [7, 11) is 0. The molecule has 0 saturated carbocycles. The van der Waals surface area contributed by atoms with Crippen LogP contribution in [0.3, 0.4) is 0 Å². The smallest absolute Gasteiger partial charge is 0.162 e. The van der Waals surface area contributed by atoms with Gasteiger partial charge in [0, 0.05) is 6.20 Å². The number of aromatic nitrogens is 2. The zero-order valence-corrected chi connectivity index (χ0v) is 9.02. The van der Waals surface area contributed by atoms with Crippen LogP contribution in [0.2, 0.25) is 0 Å². The average molecular weight is 229 g/mol. The molecular weight excluding hydrogens is 222 g/mol. The number of hydrogen-bond donors (Lipinski definition) is 0. The first kappa shape index (κ1) is 10.4. The van der Waals surface area contributed by atoms with Crippen LogP contribution in [-0.4, -0.2) is 15.1 Å². The fourth-order valence-corrected chi connectivity index (χ4v) is 1.18. The van der Waals surface area contributed by atoms with E-state index in [1.54, 1.807) is 36.8 Å². The van der Waals surface area contributed by atoms with Crippen LogP contribution in [0.5, 0.6) is 11.5 Å². The highest BCUT2D eigenvalue weighted by Crippen LogP contribution is 2.20. The third-order valence-corrected chi connectivity index (χ3v) is 1.84. The van der Waals surface area contributed by atoms with Gasteiger partial charge in [-0.05, 0) is 36.5 Å². The van der Waals surface area contributed by atoms with Crippen molar-refractivity contribution in [3.8, 4) is 11.5 Å². The van der Waals surface area contributed by atoms with Crippen LogP contribution in [0.4, 0.5) is 5.82 Å². The molecule has 5 heteroatoms. The van der Waals surface area contributed by atoms with E-state index >= 15 is 0 Å². The average Bonchev–Trinajstić information content (AvgIpc) is 2.33. The summed E-state index contributed by atoms with van der Waals surface area (Å²) < 4.78 is 5.50. The van der Waals surface area contributed by atoms with Gasteiger partial charge in [-0.2, -0.15) is 4.99 Å². The summed E-state index contributed by atoms with van der Waals surface area (Å²) in [6, 6.07) is 7.07. The van der Waals surface area contributed by atoms with Crippen molar-refractivity contribution in [2.75, 3.05) is 0 Å². The van der Waals surface area contributed by atoms with Gasteiger partial charge in [-0.1, -0.05) is 0 Å². The van der Waals surface area contributed by atoms with Crippen LogP contribution < -0.4 is 4.74 Å². The molecule has 0 bridgehead atoms. The van der Waals surface area contributed by atoms with Crippen molar-refractivity contribution in [2.24, 2.45) is 4.99 Å². The zero-order valence-electron chi connectivity index (χ0n) is 8.20. The molecule has 0 aliphatic carbocycles. The van der Waals surface area contributed by atoms with Crippen molar-refractivity contribution in [1.82, 2.24) is 9.97 Å². The molecule has 0 radical (unpaired) electrons. The first-order chi connectivity index (χ1) is 7.88. The minimum atomic E-state index is 0.508. The fraction of sp³-hybridized carbons (Fsp3) is 0. The Morgan fingerprint density at radius 1 is 1.19 bits per heavy atom.